The molecule has 2 amide bonds. The number of rotatable bonds is 4. The molecule has 1 saturated heterocycles. The van der Waals surface area contributed by atoms with E-state index < -0.39 is 70.1 Å². The van der Waals surface area contributed by atoms with Crippen molar-refractivity contribution in [2.24, 2.45) is 5.92 Å². The second kappa shape index (κ2) is 11.1. The molecular weight excluding hydrogens is 556 g/mol. The Morgan fingerprint density at radius 1 is 0.923 bits per heavy atom. The second-order valence-corrected chi connectivity index (χ2v) is 12.4. The van der Waals surface area contributed by atoms with Gasteiger partial charge in [0, 0.05) is 25.0 Å². The number of benzene rings is 1. The first kappa shape index (κ1) is 31.0. The summed E-state index contributed by atoms with van der Waals surface area (Å²) >= 11 is 0. The highest BCUT2D eigenvalue weighted by Gasteiger charge is 2.50. The van der Waals surface area contributed by atoms with Crippen molar-refractivity contribution in [3.63, 3.8) is 0 Å². The zero-order valence-electron chi connectivity index (χ0n) is 21.6. The number of piperazine rings is 1. The fourth-order valence-corrected chi connectivity index (χ4v) is 5.93. The maximum absolute atomic E-state index is 13.9. The van der Waals surface area contributed by atoms with E-state index in [9.17, 15) is 44.3 Å². The fourth-order valence-electron chi connectivity index (χ4n) is 4.62. The monoisotopic (exact) mass is 587 g/mol. The average molecular weight is 588 g/mol. The van der Waals surface area contributed by atoms with Gasteiger partial charge in [-0.1, -0.05) is 0 Å². The van der Waals surface area contributed by atoms with Gasteiger partial charge in [0.05, 0.1) is 17.0 Å². The lowest BCUT2D eigenvalue weighted by Gasteiger charge is -2.43. The highest BCUT2D eigenvalue weighted by molar-refractivity contribution is 7.89. The van der Waals surface area contributed by atoms with Crippen molar-refractivity contribution in [3.8, 4) is 0 Å². The Balaban J connectivity index is 1.61. The number of sulfonamides is 1. The van der Waals surface area contributed by atoms with Crippen molar-refractivity contribution >= 4 is 22.0 Å². The Hall–Kier alpha value is -2.55. The molecule has 1 aliphatic carbocycles. The highest BCUT2D eigenvalue weighted by Crippen LogP contribution is 2.34. The van der Waals surface area contributed by atoms with Crippen LogP contribution in [0.2, 0.25) is 0 Å². The van der Waals surface area contributed by atoms with E-state index in [-0.39, 0.29) is 43.7 Å². The lowest BCUT2D eigenvalue weighted by Crippen LogP contribution is -2.63. The van der Waals surface area contributed by atoms with Crippen LogP contribution in [-0.2, 0) is 25.7 Å². The van der Waals surface area contributed by atoms with Crippen LogP contribution < -0.4 is 4.72 Å². The summed E-state index contributed by atoms with van der Waals surface area (Å²) in [7, 11) is -4.15. The van der Waals surface area contributed by atoms with Crippen LogP contribution in [0.25, 0.3) is 0 Å². The average Bonchev–Trinajstić information content (AvgIpc) is 2.81. The number of amides is 2. The largest absolute Gasteiger partial charge is 0.444 e. The Bertz CT molecular complexity index is 1140. The molecule has 2 fully saturated rings. The topological polar surface area (TPSA) is 96.0 Å². The van der Waals surface area contributed by atoms with Crippen LogP contribution in [0, 0.1) is 5.92 Å². The van der Waals surface area contributed by atoms with Crippen molar-refractivity contribution in [2.75, 3.05) is 19.6 Å². The van der Waals surface area contributed by atoms with Crippen LogP contribution in [0.15, 0.2) is 29.2 Å². The molecule has 0 aromatic heterocycles. The third-order valence-corrected chi connectivity index (χ3v) is 8.12. The quantitative estimate of drug-likeness (QED) is 0.522. The van der Waals surface area contributed by atoms with E-state index in [4.69, 9.17) is 4.74 Å². The van der Waals surface area contributed by atoms with Crippen LogP contribution in [-0.4, -0.2) is 73.7 Å². The van der Waals surface area contributed by atoms with E-state index in [0.29, 0.717) is 12.1 Å². The van der Waals surface area contributed by atoms with E-state index >= 15 is 0 Å². The molecule has 8 nitrogen and oxygen atoms in total. The first-order valence-electron chi connectivity index (χ1n) is 12.3. The minimum Gasteiger partial charge on any atom is -0.444 e. The Morgan fingerprint density at radius 3 is 1.97 bits per heavy atom. The first-order valence-corrected chi connectivity index (χ1v) is 13.8. The SMILES string of the molecule is CC(C)(C)OC(=O)N1CCN(C(=O)C2CCC(NS(=O)(=O)c3ccc(C(F)(F)F)cc3)CC2)C(C(F)(F)F)C1. The maximum atomic E-state index is 13.9. The summed E-state index contributed by atoms with van der Waals surface area (Å²) in [6.07, 6.45) is -9.75. The summed E-state index contributed by atoms with van der Waals surface area (Å²) in [6.45, 7) is 3.55. The number of nitrogens with zero attached hydrogens (tertiary/aromatic N) is 2. The lowest BCUT2D eigenvalue weighted by atomic mass is 9.85. The number of ether oxygens (including phenoxy) is 1. The molecule has 3 rings (SSSR count). The molecule has 0 spiro atoms. The molecule has 2 aliphatic rings. The van der Waals surface area contributed by atoms with Gasteiger partial charge in [0.1, 0.15) is 11.6 Å². The van der Waals surface area contributed by atoms with Crippen LogP contribution in [0.1, 0.15) is 52.0 Å². The van der Waals surface area contributed by atoms with Crippen LogP contribution in [0.3, 0.4) is 0 Å². The molecule has 15 heteroatoms. The number of carbonyl (C=O) groups is 2. The summed E-state index contributed by atoms with van der Waals surface area (Å²) in [6, 6.07) is 0.155. The number of alkyl halides is 6. The van der Waals surface area contributed by atoms with Gasteiger partial charge in [-0.15, -0.1) is 0 Å². The minimum atomic E-state index is -4.79. The summed E-state index contributed by atoms with van der Waals surface area (Å²) in [5, 5.41) is 0. The number of halogens is 6. The predicted molar refractivity (Wildman–Crippen MR) is 127 cm³/mol. The van der Waals surface area contributed by atoms with Gasteiger partial charge in [0.15, 0.2) is 0 Å². The molecule has 1 aromatic rings. The second-order valence-electron chi connectivity index (χ2n) is 10.7. The third kappa shape index (κ3) is 7.99. The molecule has 1 aliphatic heterocycles. The van der Waals surface area contributed by atoms with Gasteiger partial charge < -0.3 is 14.5 Å². The van der Waals surface area contributed by atoms with Crippen molar-refractivity contribution in [1.82, 2.24) is 14.5 Å². The van der Waals surface area contributed by atoms with Crippen LogP contribution in [0.5, 0.6) is 0 Å². The molecule has 39 heavy (non-hydrogen) atoms. The number of carbonyl (C=O) groups excluding carboxylic acids is 2. The van der Waals surface area contributed by atoms with E-state index in [1.54, 1.807) is 20.8 Å². The molecular formula is C24H31F6N3O5S. The minimum absolute atomic E-state index is 0.121. The summed E-state index contributed by atoms with van der Waals surface area (Å²) in [5.74, 6) is -1.49. The van der Waals surface area contributed by atoms with Crippen molar-refractivity contribution in [1.29, 1.82) is 0 Å². The fraction of sp³-hybridized carbons (Fsp3) is 0.667. The summed E-state index contributed by atoms with van der Waals surface area (Å²) in [4.78, 5) is 26.7. The highest BCUT2D eigenvalue weighted by atomic mass is 32.2. The van der Waals surface area contributed by atoms with Crippen molar-refractivity contribution < 1.29 is 49.1 Å². The Morgan fingerprint density at radius 2 is 1.49 bits per heavy atom. The van der Waals surface area contributed by atoms with Crippen LogP contribution >= 0.6 is 0 Å². The molecule has 1 aromatic carbocycles. The van der Waals surface area contributed by atoms with E-state index in [1.807, 2.05) is 0 Å². The first-order chi connectivity index (χ1) is 17.8. The zero-order chi connectivity index (χ0) is 29.4. The number of hydrogen-bond acceptors (Lipinski definition) is 5. The number of nitrogens with one attached hydrogen (secondary N) is 1. The predicted octanol–water partition coefficient (Wildman–Crippen LogP) is 4.55. The zero-order valence-corrected chi connectivity index (χ0v) is 22.4. The van der Waals surface area contributed by atoms with Crippen molar-refractivity contribution in [3.05, 3.63) is 29.8 Å². The molecule has 1 atom stereocenters. The summed E-state index contributed by atoms with van der Waals surface area (Å²) < 4.78 is 113. The lowest BCUT2D eigenvalue weighted by molar-refractivity contribution is -0.201. The van der Waals surface area contributed by atoms with E-state index in [1.165, 1.54) is 0 Å². The third-order valence-electron chi connectivity index (χ3n) is 6.58. The van der Waals surface area contributed by atoms with E-state index in [0.717, 1.165) is 21.9 Å². The molecule has 1 saturated carbocycles. The molecule has 0 bridgehead atoms. The Labute approximate surface area is 222 Å². The van der Waals surface area contributed by atoms with Gasteiger partial charge in [-0.25, -0.2) is 17.9 Å². The normalized spacial score (nSPS) is 23.5. The maximum Gasteiger partial charge on any atom is 0.416 e. The van der Waals surface area contributed by atoms with Gasteiger partial charge in [0.25, 0.3) is 0 Å². The number of hydrogen-bond donors (Lipinski definition) is 1. The van der Waals surface area contributed by atoms with Gasteiger partial charge in [-0.3, -0.25) is 4.79 Å². The molecule has 1 heterocycles. The van der Waals surface area contributed by atoms with Gasteiger partial charge >= 0.3 is 18.4 Å². The standard InChI is InChI=1S/C24H31F6N3O5S/c1-22(2,3)38-21(35)32-12-13-33(19(14-32)24(28,29)30)20(34)15-4-8-17(9-5-15)31-39(36,37)18-10-6-16(7-11-18)23(25,26)27/h6-7,10-11,15,17,19,31H,4-5,8-9,12-14H2,1-3H3. The smallest absolute Gasteiger partial charge is 0.416 e. The van der Waals surface area contributed by atoms with Gasteiger partial charge in [0.2, 0.25) is 15.9 Å². The van der Waals surface area contributed by atoms with E-state index in [2.05, 4.69) is 4.72 Å². The molecule has 1 unspecified atom stereocenters. The molecule has 220 valence electrons. The molecule has 1 N–H and O–H groups in total. The van der Waals surface area contributed by atoms with Gasteiger partial charge in [-0.05, 0) is 70.7 Å². The molecule has 0 radical (unpaired) electrons. The van der Waals surface area contributed by atoms with Gasteiger partial charge in [-0.2, -0.15) is 26.3 Å². The van der Waals surface area contributed by atoms with Crippen molar-refractivity contribution in [2.45, 2.75) is 81.4 Å². The summed E-state index contributed by atoms with van der Waals surface area (Å²) in [5.41, 5.74) is -1.89. The van der Waals surface area contributed by atoms with Crippen LogP contribution in [0.4, 0.5) is 31.1 Å². The Kier molecular flexibility index (Phi) is 8.85.